The van der Waals surface area contributed by atoms with Crippen LogP contribution in [0.15, 0.2) is 24.4 Å². The van der Waals surface area contributed by atoms with Gasteiger partial charge in [-0.1, -0.05) is 26.3 Å². The van der Waals surface area contributed by atoms with Crippen molar-refractivity contribution in [2.24, 2.45) is 5.92 Å². The Balaban J connectivity index is 2.65. The average Bonchev–Trinajstić information content (AvgIpc) is 2.49. The highest BCUT2D eigenvalue weighted by atomic mass is 16.6. The molecule has 1 aromatic rings. The molecule has 0 aliphatic rings. The van der Waals surface area contributed by atoms with Crippen LogP contribution in [0.4, 0.5) is 4.79 Å². The minimum absolute atomic E-state index is 0.00810. The molecule has 0 unspecified atom stereocenters. The second-order valence-corrected chi connectivity index (χ2v) is 6.55. The average molecular weight is 321 g/mol. The van der Waals surface area contributed by atoms with Crippen LogP contribution in [0.1, 0.15) is 46.7 Å². The van der Waals surface area contributed by atoms with Gasteiger partial charge in [-0.15, -0.1) is 0 Å². The van der Waals surface area contributed by atoms with Crippen LogP contribution in [0.25, 0.3) is 0 Å². The zero-order valence-electron chi connectivity index (χ0n) is 14.6. The standard InChI is InChI=1S/C17H27N3O3/c1-6-12(2)14(20-16(22)23-17(3,4)5)15(21)19-11-13-9-7-8-10-18-13/h7-10,12,14H,6,11H2,1-5H3,(H,19,21)(H,20,22)/t12-,14-/m0/s1. The van der Waals surface area contributed by atoms with Crippen molar-refractivity contribution in [2.45, 2.75) is 59.2 Å². The maximum Gasteiger partial charge on any atom is 0.408 e. The van der Waals surface area contributed by atoms with Gasteiger partial charge in [0.05, 0.1) is 12.2 Å². The third-order valence-electron chi connectivity index (χ3n) is 3.34. The van der Waals surface area contributed by atoms with E-state index in [0.717, 1.165) is 12.1 Å². The number of pyridine rings is 1. The van der Waals surface area contributed by atoms with Gasteiger partial charge in [-0.3, -0.25) is 9.78 Å². The number of carbonyl (C=O) groups excluding carboxylic acids is 2. The second-order valence-electron chi connectivity index (χ2n) is 6.55. The van der Waals surface area contributed by atoms with E-state index in [-0.39, 0.29) is 11.8 Å². The predicted molar refractivity (Wildman–Crippen MR) is 88.7 cm³/mol. The topological polar surface area (TPSA) is 80.3 Å². The summed E-state index contributed by atoms with van der Waals surface area (Å²) in [5, 5.41) is 5.48. The lowest BCUT2D eigenvalue weighted by Gasteiger charge is -2.26. The predicted octanol–water partition coefficient (Wildman–Crippen LogP) is 2.64. The van der Waals surface area contributed by atoms with Gasteiger partial charge < -0.3 is 15.4 Å². The highest BCUT2D eigenvalue weighted by Gasteiger charge is 2.28. The van der Waals surface area contributed by atoms with Crippen LogP contribution in [0.3, 0.4) is 0 Å². The lowest BCUT2D eigenvalue weighted by atomic mass is 9.98. The monoisotopic (exact) mass is 321 g/mol. The van der Waals surface area contributed by atoms with Crippen molar-refractivity contribution in [2.75, 3.05) is 0 Å². The van der Waals surface area contributed by atoms with Gasteiger partial charge in [0.15, 0.2) is 0 Å². The molecule has 2 atom stereocenters. The number of ether oxygens (including phenoxy) is 1. The van der Waals surface area contributed by atoms with Gasteiger partial charge in [0.25, 0.3) is 0 Å². The lowest BCUT2D eigenvalue weighted by Crippen LogP contribution is -2.51. The Morgan fingerprint density at radius 3 is 2.52 bits per heavy atom. The summed E-state index contributed by atoms with van der Waals surface area (Å²) >= 11 is 0. The van der Waals surface area contributed by atoms with Crippen LogP contribution in [0, 0.1) is 5.92 Å². The van der Waals surface area contributed by atoms with Crippen molar-refractivity contribution < 1.29 is 14.3 Å². The van der Waals surface area contributed by atoms with E-state index in [0.29, 0.717) is 6.54 Å². The molecule has 0 radical (unpaired) electrons. The molecule has 1 heterocycles. The number of nitrogens with zero attached hydrogens (tertiary/aromatic N) is 1. The molecule has 6 heteroatoms. The van der Waals surface area contributed by atoms with E-state index in [2.05, 4.69) is 15.6 Å². The summed E-state index contributed by atoms with van der Waals surface area (Å²) in [7, 11) is 0. The van der Waals surface area contributed by atoms with Gasteiger partial charge in [0.2, 0.25) is 5.91 Å². The Hall–Kier alpha value is -2.11. The first kappa shape index (κ1) is 18.9. The van der Waals surface area contributed by atoms with Gasteiger partial charge in [-0.05, 0) is 38.8 Å². The molecule has 1 rings (SSSR count). The van der Waals surface area contributed by atoms with Gasteiger partial charge >= 0.3 is 6.09 Å². The highest BCUT2D eigenvalue weighted by molar-refractivity contribution is 5.85. The molecule has 0 spiro atoms. The number of carbonyl (C=O) groups is 2. The summed E-state index contributed by atoms with van der Waals surface area (Å²) in [6.45, 7) is 9.56. The summed E-state index contributed by atoms with van der Waals surface area (Å²) in [6.07, 6.45) is 1.85. The van der Waals surface area contributed by atoms with E-state index in [1.807, 2.05) is 32.0 Å². The van der Waals surface area contributed by atoms with Crippen molar-refractivity contribution in [1.82, 2.24) is 15.6 Å². The Morgan fingerprint density at radius 1 is 1.30 bits per heavy atom. The zero-order chi connectivity index (χ0) is 17.5. The smallest absolute Gasteiger partial charge is 0.408 e. The minimum atomic E-state index is -0.640. The van der Waals surface area contributed by atoms with Gasteiger partial charge in [-0.25, -0.2) is 4.79 Å². The van der Waals surface area contributed by atoms with E-state index in [1.54, 1.807) is 27.0 Å². The van der Waals surface area contributed by atoms with Crippen LogP contribution < -0.4 is 10.6 Å². The fourth-order valence-corrected chi connectivity index (χ4v) is 1.93. The van der Waals surface area contributed by atoms with Gasteiger partial charge in [0, 0.05) is 6.20 Å². The Morgan fingerprint density at radius 2 is 2.00 bits per heavy atom. The van der Waals surface area contributed by atoms with E-state index >= 15 is 0 Å². The summed E-state index contributed by atoms with van der Waals surface area (Å²) in [6, 6.07) is 4.87. The summed E-state index contributed by atoms with van der Waals surface area (Å²) in [5.74, 6) is -0.248. The molecule has 0 aromatic carbocycles. The van der Waals surface area contributed by atoms with Crippen molar-refractivity contribution in [3.63, 3.8) is 0 Å². The molecule has 0 saturated carbocycles. The molecular formula is C17H27N3O3. The molecule has 0 bridgehead atoms. The number of alkyl carbamates (subject to hydrolysis) is 1. The van der Waals surface area contributed by atoms with Crippen LogP contribution in [-0.4, -0.2) is 28.6 Å². The lowest BCUT2D eigenvalue weighted by molar-refractivity contribution is -0.124. The van der Waals surface area contributed by atoms with Crippen molar-refractivity contribution >= 4 is 12.0 Å². The third kappa shape index (κ3) is 7.13. The van der Waals surface area contributed by atoms with Gasteiger partial charge in [-0.2, -0.15) is 0 Å². The number of hydrogen-bond acceptors (Lipinski definition) is 4. The molecule has 0 aliphatic heterocycles. The van der Waals surface area contributed by atoms with Crippen molar-refractivity contribution in [3.05, 3.63) is 30.1 Å². The van der Waals surface area contributed by atoms with E-state index in [4.69, 9.17) is 4.74 Å². The molecule has 6 nitrogen and oxygen atoms in total. The van der Waals surface area contributed by atoms with E-state index < -0.39 is 17.7 Å². The number of amides is 2. The molecule has 0 fully saturated rings. The van der Waals surface area contributed by atoms with Crippen LogP contribution >= 0.6 is 0 Å². The zero-order valence-corrected chi connectivity index (χ0v) is 14.6. The first-order chi connectivity index (χ1) is 10.7. The van der Waals surface area contributed by atoms with Gasteiger partial charge in [0.1, 0.15) is 11.6 Å². The third-order valence-corrected chi connectivity index (χ3v) is 3.34. The quantitative estimate of drug-likeness (QED) is 0.844. The molecular weight excluding hydrogens is 294 g/mol. The Kier molecular flexibility index (Phi) is 7.00. The number of nitrogens with one attached hydrogen (secondary N) is 2. The first-order valence-corrected chi connectivity index (χ1v) is 7.90. The SMILES string of the molecule is CC[C@H](C)[C@H](NC(=O)OC(C)(C)C)C(=O)NCc1ccccn1. The molecule has 128 valence electrons. The molecule has 2 N–H and O–H groups in total. The Bertz CT molecular complexity index is 512. The van der Waals surface area contributed by atoms with Crippen LogP contribution in [-0.2, 0) is 16.1 Å². The highest BCUT2D eigenvalue weighted by Crippen LogP contribution is 2.11. The largest absolute Gasteiger partial charge is 0.444 e. The fourth-order valence-electron chi connectivity index (χ4n) is 1.93. The molecule has 0 aliphatic carbocycles. The number of hydrogen-bond donors (Lipinski definition) is 2. The van der Waals surface area contributed by atoms with E-state index in [9.17, 15) is 9.59 Å². The van der Waals surface area contributed by atoms with Crippen LogP contribution in [0.5, 0.6) is 0 Å². The summed E-state index contributed by atoms with van der Waals surface area (Å²) < 4.78 is 5.23. The van der Waals surface area contributed by atoms with Crippen molar-refractivity contribution in [1.29, 1.82) is 0 Å². The maximum atomic E-state index is 12.4. The maximum absolute atomic E-state index is 12.4. The van der Waals surface area contributed by atoms with Crippen LogP contribution in [0.2, 0.25) is 0 Å². The fraction of sp³-hybridized carbons (Fsp3) is 0.588. The first-order valence-electron chi connectivity index (χ1n) is 7.90. The molecule has 0 saturated heterocycles. The summed E-state index contributed by atoms with van der Waals surface area (Å²) in [5.41, 5.74) is 0.162. The number of aromatic nitrogens is 1. The van der Waals surface area contributed by atoms with E-state index in [1.165, 1.54) is 0 Å². The molecule has 2 amide bonds. The minimum Gasteiger partial charge on any atom is -0.444 e. The Labute approximate surface area is 138 Å². The van der Waals surface area contributed by atoms with Crippen molar-refractivity contribution in [3.8, 4) is 0 Å². The normalized spacial score (nSPS) is 13.8. The second kappa shape index (κ2) is 8.50. The molecule has 23 heavy (non-hydrogen) atoms. The number of rotatable bonds is 6. The molecule has 1 aromatic heterocycles. The summed E-state index contributed by atoms with van der Waals surface area (Å²) in [4.78, 5) is 28.5.